The molecule has 0 atom stereocenters. The van der Waals surface area contributed by atoms with Crippen molar-refractivity contribution in [3.8, 4) is 11.3 Å². The maximum absolute atomic E-state index is 5.85. The van der Waals surface area contributed by atoms with Gasteiger partial charge in [0.2, 0.25) is 0 Å². The summed E-state index contributed by atoms with van der Waals surface area (Å²) in [7, 11) is -0.524. The van der Waals surface area contributed by atoms with Gasteiger partial charge >= 0.3 is 0 Å². The fourth-order valence-electron chi connectivity index (χ4n) is 2.55. The molecule has 3 rings (SSSR count). The van der Waals surface area contributed by atoms with Crippen molar-refractivity contribution in [3.63, 3.8) is 0 Å². The van der Waals surface area contributed by atoms with E-state index < -0.39 is 10.0 Å². The minimum Gasteiger partial charge on any atom is -0.360 e. The smallest absolute Gasteiger partial charge is 0.145 e. The fourth-order valence-corrected chi connectivity index (χ4v) is 3.17. The molecule has 0 aromatic carbocycles. The molecule has 25 heavy (non-hydrogen) atoms. The van der Waals surface area contributed by atoms with Crippen molar-refractivity contribution in [2.45, 2.75) is 26.6 Å². The van der Waals surface area contributed by atoms with E-state index in [-0.39, 0.29) is 0 Å². The third-order valence-corrected chi connectivity index (χ3v) is 5.42. The quantitative estimate of drug-likeness (QED) is 0.604. The van der Waals surface area contributed by atoms with Gasteiger partial charge < -0.3 is 9.30 Å². The van der Waals surface area contributed by atoms with Gasteiger partial charge in [0, 0.05) is 35.1 Å². The molecule has 0 fully saturated rings. The molecule has 6 nitrogen and oxygen atoms in total. The van der Waals surface area contributed by atoms with Crippen molar-refractivity contribution < 1.29 is 4.74 Å². The molecule has 3 aromatic heterocycles. The predicted molar refractivity (Wildman–Crippen MR) is 105 cm³/mol. The number of hydrogen-bond acceptors (Lipinski definition) is 4. The molecule has 136 valence electrons. The number of aromatic nitrogens is 5. The summed E-state index contributed by atoms with van der Waals surface area (Å²) >= 11 is 0. The summed E-state index contributed by atoms with van der Waals surface area (Å²) in [6, 6.07) is 2.38. The first-order valence-electron chi connectivity index (χ1n) is 8.43. The van der Waals surface area contributed by atoms with Gasteiger partial charge in [0.25, 0.3) is 0 Å². The van der Waals surface area contributed by atoms with Crippen molar-refractivity contribution in [2.24, 2.45) is 0 Å². The van der Waals surface area contributed by atoms with Crippen molar-refractivity contribution >= 4 is 21.1 Å². The highest BCUT2D eigenvalue weighted by Gasteiger charge is 2.13. The van der Waals surface area contributed by atoms with Crippen LogP contribution in [0.4, 0.5) is 0 Å². The largest absolute Gasteiger partial charge is 0.360 e. The molecular weight excluding hydrogens is 334 g/mol. The van der Waals surface area contributed by atoms with Gasteiger partial charge in [0.15, 0.2) is 0 Å². The van der Waals surface area contributed by atoms with E-state index in [2.05, 4.69) is 53.7 Å². The molecular formula is C18H27N5OS. The first-order valence-corrected chi connectivity index (χ1v) is 11.5. The Balaban J connectivity index is 1.80. The average molecular weight is 362 g/mol. The molecule has 3 heterocycles. The standard InChI is InChI=1S/C18H27N5OS/c1-14(2)23-11-15(10-21-23)17-16-6-7-22(18(16)20-12-19-17)13-24-8-9-25(3,4)5/h6-7,10-12,14H,8-9,13H2,1-5H3. The van der Waals surface area contributed by atoms with Gasteiger partial charge in [-0.25, -0.2) is 20.0 Å². The molecule has 7 heteroatoms. The van der Waals surface area contributed by atoms with Crippen LogP contribution in [-0.2, 0) is 11.5 Å². The Kier molecular flexibility index (Phi) is 5.15. The normalized spacial score (nSPS) is 13.0. The summed E-state index contributed by atoms with van der Waals surface area (Å²) in [5.74, 6) is 1.11. The minimum atomic E-state index is -0.524. The summed E-state index contributed by atoms with van der Waals surface area (Å²) in [6.07, 6.45) is 14.4. The Morgan fingerprint density at radius 1 is 1.20 bits per heavy atom. The molecule has 0 N–H and O–H groups in total. The van der Waals surface area contributed by atoms with E-state index in [0.717, 1.165) is 34.7 Å². The summed E-state index contributed by atoms with van der Waals surface area (Å²) in [6.45, 7) is 5.51. The monoisotopic (exact) mass is 361 g/mol. The highest BCUT2D eigenvalue weighted by atomic mass is 32.3. The third-order valence-electron chi connectivity index (χ3n) is 4.03. The van der Waals surface area contributed by atoms with Crippen LogP contribution in [0.15, 0.2) is 31.0 Å². The van der Waals surface area contributed by atoms with Crippen LogP contribution in [-0.4, -0.2) is 55.4 Å². The van der Waals surface area contributed by atoms with Crippen LogP contribution in [0.5, 0.6) is 0 Å². The van der Waals surface area contributed by atoms with Crippen molar-refractivity contribution in [1.29, 1.82) is 0 Å². The summed E-state index contributed by atoms with van der Waals surface area (Å²) in [4.78, 5) is 8.92. The SMILES string of the molecule is CC(C)n1cc(-c2ncnc3c2ccn3COCCS(C)(C)C)cn1. The number of nitrogens with zero attached hydrogens (tertiary/aromatic N) is 5. The first kappa shape index (κ1) is 17.9. The predicted octanol–water partition coefficient (Wildman–Crippen LogP) is 3.54. The zero-order chi connectivity index (χ0) is 18.0. The first-order chi connectivity index (χ1) is 11.8. The van der Waals surface area contributed by atoms with Crippen LogP contribution in [0, 0.1) is 0 Å². The average Bonchev–Trinajstić information content (AvgIpc) is 3.18. The molecule has 0 saturated heterocycles. The van der Waals surface area contributed by atoms with E-state index in [9.17, 15) is 0 Å². The third kappa shape index (κ3) is 4.22. The second-order valence-electron chi connectivity index (χ2n) is 7.38. The zero-order valence-corrected chi connectivity index (χ0v) is 16.5. The van der Waals surface area contributed by atoms with Gasteiger partial charge in [-0.15, -0.1) is 0 Å². The van der Waals surface area contributed by atoms with Crippen molar-refractivity contribution in [1.82, 2.24) is 24.3 Å². The molecule has 0 aliphatic carbocycles. The van der Waals surface area contributed by atoms with Gasteiger partial charge in [0.05, 0.1) is 18.5 Å². The van der Waals surface area contributed by atoms with Crippen LogP contribution in [0.2, 0.25) is 0 Å². The molecule has 3 aromatic rings. The lowest BCUT2D eigenvalue weighted by Crippen LogP contribution is -2.09. The molecule has 0 amide bonds. The highest BCUT2D eigenvalue weighted by Crippen LogP contribution is 2.33. The lowest BCUT2D eigenvalue weighted by molar-refractivity contribution is 0.0923. The summed E-state index contributed by atoms with van der Waals surface area (Å²) < 4.78 is 9.83. The summed E-state index contributed by atoms with van der Waals surface area (Å²) in [5, 5.41) is 5.44. The van der Waals surface area contributed by atoms with Crippen LogP contribution in [0.1, 0.15) is 19.9 Å². The van der Waals surface area contributed by atoms with Crippen LogP contribution in [0.3, 0.4) is 0 Å². The second-order valence-corrected chi connectivity index (χ2v) is 12.0. The Hall–Kier alpha value is -1.86. The van der Waals surface area contributed by atoms with Crippen LogP contribution >= 0.6 is 10.0 Å². The van der Waals surface area contributed by atoms with Gasteiger partial charge in [-0.1, -0.05) is 0 Å². The lowest BCUT2D eigenvalue weighted by atomic mass is 10.2. The molecule has 0 aliphatic heterocycles. The van der Waals surface area contributed by atoms with E-state index in [0.29, 0.717) is 12.8 Å². The Bertz CT molecular complexity index is 847. The van der Waals surface area contributed by atoms with Crippen molar-refractivity contribution in [2.75, 3.05) is 31.1 Å². The van der Waals surface area contributed by atoms with Gasteiger partial charge in [-0.05, 0) is 38.7 Å². The van der Waals surface area contributed by atoms with Gasteiger partial charge in [0.1, 0.15) is 18.7 Å². The molecule has 0 aliphatic rings. The topological polar surface area (TPSA) is 57.8 Å². The van der Waals surface area contributed by atoms with E-state index in [1.165, 1.54) is 0 Å². The maximum Gasteiger partial charge on any atom is 0.145 e. The Morgan fingerprint density at radius 3 is 2.68 bits per heavy atom. The van der Waals surface area contributed by atoms with E-state index in [1.54, 1.807) is 6.33 Å². The molecule has 0 bridgehead atoms. The van der Waals surface area contributed by atoms with E-state index in [1.807, 2.05) is 27.8 Å². The maximum atomic E-state index is 5.85. The number of rotatable bonds is 7. The summed E-state index contributed by atoms with van der Waals surface area (Å²) in [5.41, 5.74) is 2.82. The van der Waals surface area contributed by atoms with Gasteiger partial charge in [-0.3, -0.25) is 4.68 Å². The lowest BCUT2D eigenvalue weighted by Gasteiger charge is -2.24. The zero-order valence-electron chi connectivity index (χ0n) is 15.6. The minimum absolute atomic E-state index is 0.328. The van der Waals surface area contributed by atoms with Gasteiger partial charge in [-0.2, -0.15) is 5.10 Å². The van der Waals surface area contributed by atoms with E-state index in [4.69, 9.17) is 4.74 Å². The molecule has 0 unspecified atom stereocenters. The Morgan fingerprint density at radius 2 is 2.00 bits per heavy atom. The fraction of sp³-hybridized carbons (Fsp3) is 0.500. The molecule has 0 spiro atoms. The number of hydrogen-bond donors (Lipinski definition) is 0. The van der Waals surface area contributed by atoms with Crippen molar-refractivity contribution in [3.05, 3.63) is 31.0 Å². The molecule has 0 saturated carbocycles. The number of ether oxygens (including phenoxy) is 1. The highest BCUT2D eigenvalue weighted by molar-refractivity contribution is 8.32. The Labute approximate surface area is 150 Å². The van der Waals surface area contributed by atoms with Crippen LogP contribution in [0.25, 0.3) is 22.3 Å². The molecule has 0 radical (unpaired) electrons. The van der Waals surface area contributed by atoms with Crippen LogP contribution < -0.4 is 0 Å². The number of fused-ring (bicyclic) bond motifs is 1. The second kappa shape index (κ2) is 7.17. The van der Waals surface area contributed by atoms with E-state index >= 15 is 0 Å².